The molecule has 0 atom stereocenters. The maximum Gasteiger partial charge on any atom is 0.421 e. The van der Waals surface area contributed by atoms with Crippen molar-refractivity contribution in [3.05, 3.63) is 230 Å². The Kier molecular flexibility index (Phi) is 33.7. The average Bonchev–Trinajstić information content (AvgIpc) is 1.32. The predicted octanol–water partition coefficient (Wildman–Crippen LogP) is -1.64. The first kappa shape index (κ1) is 96.6. The molecule has 0 spiro atoms. The summed E-state index contributed by atoms with van der Waals surface area (Å²) in [6, 6.07) is 46.3. The van der Waals surface area contributed by atoms with Gasteiger partial charge in [-0.25, -0.2) is 54.8 Å². The van der Waals surface area contributed by atoms with Crippen LogP contribution in [-0.2, 0) is 84.6 Å². The fraction of sp³-hybridized carbons (Fsp3) is 0.225. The van der Waals surface area contributed by atoms with Crippen LogP contribution in [0, 0.1) is 0 Å². The molecule has 636 valence electrons. The van der Waals surface area contributed by atoms with Crippen molar-refractivity contribution < 1.29 is 102 Å². The van der Waals surface area contributed by atoms with Crippen LogP contribution in [0.2, 0.25) is 10.0 Å². The van der Waals surface area contributed by atoms with E-state index in [1.54, 1.807) is 0 Å². The van der Waals surface area contributed by atoms with Gasteiger partial charge in [0.15, 0.2) is 23.3 Å². The maximum atomic E-state index is 7.25. The molecule has 0 amide bonds. The quantitative estimate of drug-likeness (QED) is 0.0492. The van der Waals surface area contributed by atoms with E-state index in [0.29, 0.717) is 79.3 Å². The number of hydrogen-bond acceptors (Lipinski definition) is 22. The molecular weight excluding hydrogens is 1720 g/mol. The van der Waals surface area contributed by atoms with Crippen LogP contribution in [0.4, 0.5) is 139 Å². The van der Waals surface area contributed by atoms with E-state index in [2.05, 4.69) is 61.4 Å². The van der Waals surface area contributed by atoms with Crippen molar-refractivity contribution in [2.45, 2.75) is 0 Å². The Hall–Kier alpha value is -12.5. The Morgan fingerprint density at radius 2 is 0.369 bits per heavy atom. The molecule has 8 aromatic heterocycles. The first-order chi connectivity index (χ1) is 55.7. The van der Waals surface area contributed by atoms with E-state index in [1.165, 1.54) is 0 Å². The lowest BCUT2D eigenvalue weighted by Crippen LogP contribution is -3.00. The van der Waals surface area contributed by atoms with Gasteiger partial charge >= 0.3 is 35.7 Å². The zero-order valence-corrected chi connectivity index (χ0v) is 76.1. The van der Waals surface area contributed by atoms with Gasteiger partial charge in [0, 0.05) is 107 Å². The molecular formula is C80H90Cl8N34. The lowest BCUT2D eigenvalue weighted by Gasteiger charge is -2.27. The lowest BCUT2D eigenvalue weighted by molar-refractivity contribution is -0.657. The van der Waals surface area contributed by atoms with Gasteiger partial charge in [-0.3, -0.25) is 0 Å². The summed E-state index contributed by atoms with van der Waals surface area (Å²) in [4.78, 5) is 31.6. The van der Waals surface area contributed by atoms with Gasteiger partial charge in [0.2, 0.25) is 11.9 Å². The Balaban J connectivity index is 0.000000320. The van der Waals surface area contributed by atoms with Crippen molar-refractivity contribution in [2.24, 2.45) is 146 Å². The summed E-state index contributed by atoms with van der Waals surface area (Å²) >= 11 is 14.5. The summed E-state index contributed by atoms with van der Waals surface area (Å²) in [6.45, 7) is 0. The summed E-state index contributed by atoms with van der Waals surface area (Å²) in [6.07, 6.45) is 23.1. The van der Waals surface area contributed by atoms with Crippen LogP contribution >= 0.6 is 23.2 Å². The number of azo groups is 6. The molecule has 14 rings (SSSR count). The van der Waals surface area contributed by atoms with Crippen molar-refractivity contribution in [1.82, 2.24) is 47.3 Å². The van der Waals surface area contributed by atoms with Crippen LogP contribution in [-0.4, -0.2) is 89.6 Å². The highest BCUT2D eigenvalue weighted by Gasteiger charge is 2.27. The first-order valence-corrected chi connectivity index (χ1v) is 37.2. The van der Waals surface area contributed by atoms with Gasteiger partial charge in [-0.1, -0.05) is 53.9 Å². The molecule has 34 nitrogen and oxygen atoms in total. The highest BCUT2D eigenvalue weighted by molar-refractivity contribution is 6.36. The molecule has 0 aliphatic heterocycles. The monoisotopic (exact) mass is 1810 g/mol. The normalized spacial score (nSPS) is 11.2. The maximum absolute atomic E-state index is 7.25. The van der Waals surface area contributed by atoms with Gasteiger partial charge < -0.3 is 104 Å². The average molecular weight is 1810 g/mol. The molecule has 8 heterocycles. The molecule has 14 aromatic rings. The Bertz CT molecular complexity index is 5300. The second kappa shape index (κ2) is 42.6. The minimum absolute atomic E-state index is 0. The van der Waals surface area contributed by atoms with Crippen LogP contribution in [0.3, 0.4) is 0 Å². The number of anilines is 12. The number of aryl methyl sites for hydroxylation is 12. The predicted molar refractivity (Wildman–Crippen MR) is 446 cm³/mol. The molecule has 0 saturated heterocycles. The van der Waals surface area contributed by atoms with Gasteiger partial charge in [0.05, 0.1) is 159 Å². The zero-order chi connectivity index (χ0) is 82.2. The van der Waals surface area contributed by atoms with Crippen molar-refractivity contribution in [1.29, 1.82) is 0 Å². The summed E-state index contributed by atoms with van der Waals surface area (Å²) in [7, 11) is 34.6. The van der Waals surface area contributed by atoms with Crippen molar-refractivity contribution in [3.8, 4) is 0 Å². The molecule has 6 aromatic carbocycles. The molecule has 0 unspecified atom stereocenters. The molecule has 0 aliphatic carbocycles. The Labute approximate surface area is 753 Å². The molecule has 0 N–H and O–H groups in total. The zero-order valence-electron chi connectivity index (χ0n) is 70.0. The second-order valence-electron chi connectivity index (χ2n) is 27.5. The summed E-state index contributed by atoms with van der Waals surface area (Å²) in [5.74, 6) is 7.24. The van der Waals surface area contributed by atoms with E-state index in [4.69, 9.17) is 43.1 Å². The first-order valence-electron chi connectivity index (χ1n) is 36.5. The van der Waals surface area contributed by atoms with Crippen molar-refractivity contribution in [2.75, 3.05) is 71.7 Å². The third-order valence-electron chi connectivity index (χ3n) is 19.3. The topological polar surface area (TPSA) is 272 Å². The Morgan fingerprint density at radius 3 is 0.500 bits per heavy atom. The summed E-state index contributed by atoms with van der Waals surface area (Å²) < 4.78 is 22.9. The van der Waals surface area contributed by atoms with Gasteiger partial charge in [0.1, 0.15) is 44.2 Å². The van der Waals surface area contributed by atoms with Gasteiger partial charge in [-0.05, 0) is 146 Å². The van der Waals surface area contributed by atoms with E-state index in [-0.39, 0.29) is 74.4 Å². The Morgan fingerprint density at radius 1 is 0.230 bits per heavy atom. The highest BCUT2D eigenvalue weighted by Crippen LogP contribution is 2.43. The fourth-order valence-electron chi connectivity index (χ4n) is 12.1. The molecule has 0 fully saturated rings. The number of nitrogens with zero attached hydrogens (tertiary/aromatic N) is 34. The van der Waals surface area contributed by atoms with Crippen molar-refractivity contribution in [3.63, 3.8) is 0 Å². The van der Waals surface area contributed by atoms with Crippen molar-refractivity contribution >= 4 is 162 Å². The molecule has 42 heteroatoms. The van der Waals surface area contributed by atoms with E-state index in [0.717, 1.165) is 69.8 Å². The van der Waals surface area contributed by atoms with E-state index >= 15 is 0 Å². The van der Waals surface area contributed by atoms with Gasteiger partial charge in [-0.15, -0.1) is 0 Å². The minimum Gasteiger partial charge on any atom is -1.00 e. The third kappa shape index (κ3) is 22.0. The second-order valence-corrected chi connectivity index (χ2v) is 28.3. The molecule has 0 aliphatic rings. The fourth-order valence-corrected chi connectivity index (χ4v) is 12.8. The SMILES string of the molecule is CN(c1ccc(N=Nc2n(C)cc[n+]2C)cc1)c1nc(N(C)c2ccc(N=Nc3n(C)cc[n+]3C)cc2)c(Cl)c(N(C)c2ccc(N=Nc3n(C)cc[n+]3C)cc2)n1.CN(c1ccc(N=Nc2n(C)cc[n+]2C)cc1)c1nc(N(C)c2ccc(N=Nc3n(C)cc[n+]3C)cc2)c(Cl)c(N(C)c2ccc(N=Nc3n(C)cc[n+]3C)cc2)n1.[Cl-].[Cl-].[Cl-].[Cl-].[Cl-].[Cl-]. The number of rotatable bonds is 24. The van der Waals surface area contributed by atoms with Crippen LogP contribution < -0.4 is 131 Å². The van der Waals surface area contributed by atoms with Crippen LogP contribution in [0.25, 0.3) is 0 Å². The van der Waals surface area contributed by atoms with Crippen LogP contribution in [0.5, 0.6) is 0 Å². The molecule has 0 radical (unpaired) electrons. The molecule has 0 saturated carbocycles. The summed E-state index contributed by atoms with van der Waals surface area (Å²) in [5.41, 5.74) is 9.28. The number of hydrogen-bond donors (Lipinski definition) is 0. The van der Waals surface area contributed by atoms with Crippen LogP contribution in [0.1, 0.15) is 0 Å². The molecule has 122 heavy (non-hydrogen) atoms. The number of halogens is 8. The van der Waals surface area contributed by atoms with E-state index < -0.39 is 0 Å². The smallest absolute Gasteiger partial charge is 0.421 e. The van der Waals surface area contributed by atoms with Gasteiger partial charge in [-0.2, -0.15) is 19.9 Å². The van der Waals surface area contributed by atoms with Crippen LogP contribution in [0.15, 0.2) is 281 Å². The summed E-state index contributed by atoms with van der Waals surface area (Å²) in [5, 5.41) is 54.0. The third-order valence-corrected chi connectivity index (χ3v) is 20.0. The van der Waals surface area contributed by atoms with E-state index in [9.17, 15) is 0 Å². The van der Waals surface area contributed by atoms with E-state index in [1.807, 2.05) is 431 Å². The number of imidazole rings is 6. The molecule has 0 bridgehead atoms. The highest BCUT2D eigenvalue weighted by atomic mass is 35.5. The van der Waals surface area contributed by atoms with Gasteiger partial charge in [0.25, 0.3) is 0 Å². The number of benzene rings is 6. The number of aromatic nitrogens is 16. The lowest BCUT2D eigenvalue weighted by atomic mass is 10.2. The standard InChI is InChI=1S/2C40H45ClN17.6ClH/c2*1-50-22-23-51(2)38(50)47-44-28-10-16-31(17-11-28)56(7)35-34(41)36(57(8)32-18-12-29(13-19-32)45-48-39-52(3)24-25-53(39)4)43-37(42-35)58(9)33-20-14-30(15-21-33)46-49-40-54(5)26-27-55(40)6;;;;;;/h2*10-27H,1-9H3;6*1H/q2*+3;;;;;;/p-6. The minimum atomic E-state index is 0. The largest absolute Gasteiger partial charge is 1.00 e.